The zero-order valence-electron chi connectivity index (χ0n) is 17.9. The fourth-order valence-electron chi connectivity index (χ4n) is 3.28. The molecule has 1 atom stereocenters. The molecule has 4 rings (SSSR count). The zero-order valence-corrected chi connectivity index (χ0v) is 18.7. The molecule has 9 heteroatoms. The van der Waals surface area contributed by atoms with Crippen molar-refractivity contribution in [3.63, 3.8) is 0 Å². The van der Waals surface area contributed by atoms with E-state index in [9.17, 15) is 9.59 Å². The Labute approximate surface area is 190 Å². The molecule has 1 aliphatic rings. The van der Waals surface area contributed by atoms with Crippen LogP contribution in [0.4, 0.5) is 5.69 Å². The summed E-state index contributed by atoms with van der Waals surface area (Å²) in [6, 6.07) is 14.3. The third kappa shape index (κ3) is 5.23. The first-order valence-corrected chi connectivity index (χ1v) is 11.1. The van der Waals surface area contributed by atoms with Gasteiger partial charge in [0.15, 0.2) is 22.8 Å². The van der Waals surface area contributed by atoms with E-state index in [0.29, 0.717) is 35.9 Å². The molecule has 2 heterocycles. The van der Waals surface area contributed by atoms with E-state index in [0.717, 1.165) is 5.16 Å². The minimum Gasteiger partial charge on any atom is -0.486 e. The molecule has 0 unspecified atom stereocenters. The Morgan fingerprint density at radius 3 is 2.66 bits per heavy atom. The number of likely N-dealkylation sites (N-methyl/N-ethyl adjacent to an activating group) is 1. The van der Waals surface area contributed by atoms with Gasteiger partial charge in [0.2, 0.25) is 5.91 Å². The molecule has 8 nitrogen and oxygen atoms in total. The highest BCUT2D eigenvalue weighted by atomic mass is 32.2. The summed E-state index contributed by atoms with van der Waals surface area (Å²) in [5.41, 5.74) is 1.17. The van der Waals surface area contributed by atoms with Crippen LogP contribution in [0.1, 0.15) is 10.4 Å². The fourth-order valence-corrected chi connectivity index (χ4v) is 4.01. The minimum absolute atomic E-state index is 0.129. The number of fused-ring (bicyclic) bond motifs is 1. The summed E-state index contributed by atoms with van der Waals surface area (Å²) in [5.74, 6) is 1.39. The number of carbonyl (C=O) groups is 2. The van der Waals surface area contributed by atoms with Crippen LogP contribution in [0.3, 0.4) is 0 Å². The first-order valence-electron chi connectivity index (χ1n) is 10.1. The number of amides is 2. The number of anilines is 1. The second kappa shape index (κ2) is 9.78. The summed E-state index contributed by atoms with van der Waals surface area (Å²) in [6.07, 6.45) is 3.28. The number of carbonyl (C=O) groups excluding carboxylic acids is 2. The number of aryl methyl sites for hydroxylation is 1. The van der Waals surface area contributed by atoms with Crippen LogP contribution in [0.25, 0.3) is 0 Å². The lowest BCUT2D eigenvalue weighted by molar-refractivity contribution is -0.113. The van der Waals surface area contributed by atoms with Gasteiger partial charge in [-0.2, -0.15) is 0 Å². The van der Waals surface area contributed by atoms with Crippen LogP contribution in [0.2, 0.25) is 0 Å². The van der Waals surface area contributed by atoms with Crippen molar-refractivity contribution in [1.82, 2.24) is 14.5 Å². The van der Waals surface area contributed by atoms with Crippen molar-refractivity contribution in [2.45, 2.75) is 11.3 Å². The van der Waals surface area contributed by atoms with E-state index in [1.807, 2.05) is 42.1 Å². The maximum atomic E-state index is 12.8. The van der Waals surface area contributed by atoms with Crippen molar-refractivity contribution in [3.8, 4) is 11.5 Å². The van der Waals surface area contributed by atoms with Crippen molar-refractivity contribution >= 4 is 29.3 Å². The summed E-state index contributed by atoms with van der Waals surface area (Å²) in [4.78, 5) is 30.8. The molecule has 0 aliphatic carbocycles. The second-order valence-corrected chi connectivity index (χ2v) is 8.36. The predicted octanol–water partition coefficient (Wildman–Crippen LogP) is 3.06. The van der Waals surface area contributed by atoms with Gasteiger partial charge in [-0.1, -0.05) is 23.9 Å². The van der Waals surface area contributed by atoms with Crippen LogP contribution in [0.5, 0.6) is 11.5 Å². The molecule has 0 radical (unpaired) electrons. The van der Waals surface area contributed by atoms with Gasteiger partial charge in [0.1, 0.15) is 6.61 Å². The number of nitrogens with one attached hydrogen (secondary N) is 1. The average molecular weight is 453 g/mol. The van der Waals surface area contributed by atoms with E-state index in [2.05, 4.69) is 10.3 Å². The molecule has 0 bridgehead atoms. The molecule has 166 valence electrons. The lowest BCUT2D eigenvalue weighted by Gasteiger charge is -2.29. The van der Waals surface area contributed by atoms with E-state index in [1.54, 1.807) is 42.4 Å². The Morgan fingerprint density at radius 2 is 1.94 bits per heavy atom. The maximum absolute atomic E-state index is 12.8. The third-order valence-electron chi connectivity index (χ3n) is 4.92. The van der Waals surface area contributed by atoms with Crippen molar-refractivity contribution in [2.24, 2.45) is 7.05 Å². The smallest absolute Gasteiger partial charge is 0.253 e. The number of ether oxygens (including phenoxy) is 2. The van der Waals surface area contributed by atoms with E-state index >= 15 is 0 Å². The summed E-state index contributed by atoms with van der Waals surface area (Å²) in [5, 5.41) is 3.61. The summed E-state index contributed by atoms with van der Waals surface area (Å²) < 4.78 is 13.5. The Balaban J connectivity index is 1.28. The normalized spacial score (nSPS) is 14.6. The van der Waals surface area contributed by atoms with Gasteiger partial charge < -0.3 is 24.3 Å². The number of aromatic nitrogens is 2. The fraction of sp³-hybridized carbons (Fsp3) is 0.261. The Kier molecular flexibility index (Phi) is 6.65. The molecular weight excluding hydrogens is 428 g/mol. The van der Waals surface area contributed by atoms with Gasteiger partial charge in [0, 0.05) is 37.7 Å². The molecular formula is C23H24N4O4S. The Hall–Kier alpha value is -3.46. The van der Waals surface area contributed by atoms with Crippen LogP contribution < -0.4 is 14.8 Å². The SMILES string of the molecule is CN(C[C@@H]1COc2ccccc2O1)C(=O)c1ccc(NC(=O)CSc2nccn2C)cc1. The standard InChI is InChI=1S/C23H24N4O4S/c1-26-12-11-24-23(26)32-15-21(28)25-17-9-7-16(8-10-17)22(29)27(2)13-18-14-30-19-5-3-4-6-20(19)31-18/h3-12,18H,13-15H2,1-2H3,(H,25,28)/t18-/m1/s1. The summed E-state index contributed by atoms with van der Waals surface area (Å²) in [7, 11) is 3.61. The quantitative estimate of drug-likeness (QED) is 0.555. The lowest BCUT2D eigenvalue weighted by Crippen LogP contribution is -2.41. The summed E-state index contributed by atoms with van der Waals surface area (Å²) >= 11 is 1.36. The highest BCUT2D eigenvalue weighted by Crippen LogP contribution is 2.31. The van der Waals surface area contributed by atoms with Gasteiger partial charge in [-0.3, -0.25) is 9.59 Å². The molecule has 1 N–H and O–H groups in total. The van der Waals surface area contributed by atoms with Gasteiger partial charge in [-0.25, -0.2) is 4.98 Å². The van der Waals surface area contributed by atoms with Gasteiger partial charge in [0.25, 0.3) is 5.91 Å². The number of hydrogen-bond donors (Lipinski definition) is 1. The van der Waals surface area contributed by atoms with Gasteiger partial charge in [0.05, 0.1) is 12.3 Å². The highest BCUT2D eigenvalue weighted by molar-refractivity contribution is 7.99. The topological polar surface area (TPSA) is 85.7 Å². The molecule has 0 saturated carbocycles. The molecule has 0 spiro atoms. The lowest BCUT2D eigenvalue weighted by atomic mass is 10.1. The first-order chi connectivity index (χ1) is 15.5. The summed E-state index contributed by atoms with van der Waals surface area (Å²) in [6.45, 7) is 0.784. The molecule has 3 aromatic rings. The molecule has 1 aromatic heterocycles. The van der Waals surface area contributed by atoms with E-state index in [4.69, 9.17) is 9.47 Å². The first kappa shape index (κ1) is 21.8. The Bertz CT molecular complexity index is 1100. The largest absolute Gasteiger partial charge is 0.486 e. The molecule has 2 aromatic carbocycles. The number of nitrogens with zero attached hydrogens (tertiary/aromatic N) is 3. The second-order valence-electron chi connectivity index (χ2n) is 7.42. The van der Waals surface area contributed by atoms with Crippen LogP contribution >= 0.6 is 11.8 Å². The molecule has 0 saturated heterocycles. The molecule has 1 aliphatic heterocycles. The van der Waals surface area contributed by atoms with Gasteiger partial charge >= 0.3 is 0 Å². The molecule has 32 heavy (non-hydrogen) atoms. The maximum Gasteiger partial charge on any atom is 0.253 e. The minimum atomic E-state index is -0.242. The van der Waals surface area contributed by atoms with Crippen LogP contribution in [0.15, 0.2) is 66.1 Å². The van der Waals surface area contributed by atoms with Crippen molar-refractivity contribution < 1.29 is 19.1 Å². The highest BCUT2D eigenvalue weighted by Gasteiger charge is 2.24. The molecule has 0 fully saturated rings. The van der Waals surface area contributed by atoms with Gasteiger partial charge in [-0.05, 0) is 36.4 Å². The van der Waals surface area contributed by atoms with Crippen molar-refractivity contribution in [3.05, 3.63) is 66.5 Å². The van der Waals surface area contributed by atoms with E-state index in [-0.39, 0.29) is 23.7 Å². The van der Waals surface area contributed by atoms with Crippen LogP contribution in [-0.4, -0.2) is 58.3 Å². The number of thioether (sulfide) groups is 1. The monoisotopic (exact) mass is 452 g/mol. The number of rotatable bonds is 7. The third-order valence-corrected chi connectivity index (χ3v) is 5.97. The van der Waals surface area contributed by atoms with Crippen molar-refractivity contribution in [2.75, 3.05) is 31.3 Å². The Morgan fingerprint density at radius 1 is 1.19 bits per heavy atom. The number of benzene rings is 2. The average Bonchev–Trinajstić information content (AvgIpc) is 3.22. The van der Waals surface area contributed by atoms with Crippen LogP contribution in [-0.2, 0) is 11.8 Å². The number of hydrogen-bond acceptors (Lipinski definition) is 6. The number of imidazole rings is 1. The predicted molar refractivity (Wildman–Crippen MR) is 122 cm³/mol. The molecule has 2 amide bonds. The zero-order chi connectivity index (χ0) is 22.5. The van der Waals surface area contributed by atoms with Crippen molar-refractivity contribution in [1.29, 1.82) is 0 Å². The van der Waals surface area contributed by atoms with E-state index in [1.165, 1.54) is 11.8 Å². The van der Waals surface area contributed by atoms with Crippen LogP contribution in [0, 0.1) is 0 Å². The number of para-hydroxylation sites is 2. The van der Waals surface area contributed by atoms with Gasteiger partial charge in [-0.15, -0.1) is 0 Å². The van der Waals surface area contributed by atoms with E-state index < -0.39 is 0 Å².